The standard InChI is InChI=1S/C16H17N5O2/c1-3-11(2)21-15(7-9-18-21)19-16(22)14-10-13(20-23-14)12-6-4-5-8-17-12/h4-11H,3H2,1-2H3,(H,19,22). The Labute approximate surface area is 133 Å². The molecule has 1 N–H and O–H groups in total. The maximum atomic E-state index is 12.3. The van der Waals surface area contributed by atoms with Gasteiger partial charge in [-0.2, -0.15) is 5.10 Å². The van der Waals surface area contributed by atoms with Crippen LogP contribution in [0.1, 0.15) is 36.9 Å². The topological polar surface area (TPSA) is 85.8 Å². The number of rotatable bonds is 5. The maximum absolute atomic E-state index is 12.3. The summed E-state index contributed by atoms with van der Waals surface area (Å²) < 4.78 is 6.90. The first-order chi connectivity index (χ1) is 11.2. The first-order valence-corrected chi connectivity index (χ1v) is 7.42. The van der Waals surface area contributed by atoms with Gasteiger partial charge in [-0.1, -0.05) is 18.1 Å². The van der Waals surface area contributed by atoms with Gasteiger partial charge >= 0.3 is 0 Å². The van der Waals surface area contributed by atoms with Crippen molar-refractivity contribution in [3.63, 3.8) is 0 Å². The van der Waals surface area contributed by atoms with Gasteiger partial charge in [-0.3, -0.25) is 9.78 Å². The average molecular weight is 311 g/mol. The Bertz CT molecular complexity index is 794. The van der Waals surface area contributed by atoms with E-state index in [0.29, 0.717) is 17.2 Å². The number of carbonyl (C=O) groups is 1. The van der Waals surface area contributed by atoms with E-state index in [1.54, 1.807) is 35.3 Å². The lowest BCUT2D eigenvalue weighted by atomic mass is 10.2. The van der Waals surface area contributed by atoms with Gasteiger partial charge in [0.2, 0.25) is 5.76 Å². The van der Waals surface area contributed by atoms with Crippen LogP contribution in [0.2, 0.25) is 0 Å². The third kappa shape index (κ3) is 3.13. The number of amides is 1. The van der Waals surface area contributed by atoms with E-state index < -0.39 is 0 Å². The van der Waals surface area contributed by atoms with Gasteiger partial charge < -0.3 is 9.84 Å². The molecule has 0 spiro atoms. The Morgan fingerprint density at radius 2 is 2.17 bits per heavy atom. The van der Waals surface area contributed by atoms with E-state index >= 15 is 0 Å². The molecule has 3 heterocycles. The fourth-order valence-corrected chi connectivity index (χ4v) is 2.13. The number of aromatic nitrogens is 4. The fraction of sp³-hybridized carbons (Fsp3) is 0.250. The molecule has 3 aromatic heterocycles. The largest absolute Gasteiger partial charge is 0.350 e. The summed E-state index contributed by atoms with van der Waals surface area (Å²) in [7, 11) is 0. The van der Waals surface area contributed by atoms with Gasteiger partial charge in [0.25, 0.3) is 5.91 Å². The summed E-state index contributed by atoms with van der Waals surface area (Å²) in [5.74, 6) is 0.382. The Balaban J connectivity index is 1.77. The number of nitrogens with zero attached hydrogens (tertiary/aromatic N) is 4. The zero-order valence-electron chi connectivity index (χ0n) is 12.9. The van der Waals surface area contributed by atoms with Crippen LogP contribution in [-0.2, 0) is 0 Å². The summed E-state index contributed by atoms with van der Waals surface area (Å²) >= 11 is 0. The highest BCUT2D eigenvalue weighted by Crippen LogP contribution is 2.19. The minimum absolute atomic E-state index is 0.127. The normalized spacial score (nSPS) is 12.1. The zero-order chi connectivity index (χ0) is 16.2. The summed E-state index contributed by atoms with van der Waals surface area (Å²) in [5.41, 5.74) is 1.17. The zero-order valence-corrected chi connectivity index (χ0v) is 12.9. The first kappa shape index (κ1) is 15.0. The molecule has 0 aliphatic rings. The van der Waals surface area contributed by atoms with Gasteiger partial charge in [0.1, 0.15) is 11.5 Å². The molecule has 3 aromatic rings. The first-order valence-electron chi connectivity index (χ1n) is 7.42. The van der Waals surface area contributed by atoms with Crippen LogP contribution in [-0.4, -0.2) is 25.8 Å². The van der Waals surface area contributed by atoms with E-state index in [4.69, 9.17) is 4.52 Å². The van der Waals surface area contributed by atoms with Crippen LogP contribution < -0.4 is 5.32 Å². The highest BCUT2D eigenvalue weighted by atomic mass is 16.5. The van der Waals surface area contributed by atoms with E-state index in [1.807, 2.05) is 19.1 Å². The molecular weight excluding hydrogens is 294 g/mol. The molecule has 0 saturated carbocycles. The van der Waals surface area contributed by atoms with Crippen molar-refractivity contribution in [2.45, 2.75) is 26.3 Å². The maximum Gasteiger partial charge on any atom is 0.295 e. The molecule has 0 aromatic carbocycles. The van der Waals surface area contributed by atoms with Gasteiger partial charge in [-0.15, -0.1) is 0 Å². The molecule has 0 fully saturated rings. The minimum atomic E-state index is -0.371. The van der Waals surface area contributed by atoms with Crippen LogP contribution in [0.25, 0.3) is 11.4 Å². The number of carbonyl (C=O) groups excluding carboxylic acids is 1. The van der Waals surface area contributed by atoms with Crippen molar-refractivity contribution in [3.8, 4) is 11.4 Å². The van der Waals surface area contributed by atoms with Crippen molar-refractivity contribution in [2.24, 2.45) is 0 Å². The number of nitrogens with one attached hydrogen (secondary N) is 1. The van der Waals surface area contributed by atoms with Gasteiger partial charge in [0, 0.05) is 18.3 Å². The lowest BCUT2D eigenvalue weighted by Crippen LogP contribution is -2.17. The number of hydrogen-bond acceptors (Lipinski definition) is 5. The van der Waals surface area contributed by atoms with Gasteiger partial charge in [0.15, 0.2) is 0 Å². The predicted octanol–water partition coefficient (Wildman–Crippen LogP) is 3.16. The van der Waals surface area contributed by atoms with Crippen LogP contribution in [0.4, 0.5) is 5.82 Å². The molecule has 7 nitrogen and oxygen atoms in total. The van der Waals surface area contributed by atoms with Gasteiger partial charge in [-0.05, 0) is 25.5 Å². The monoisotopic (exact) mass is 311 g/mol. The number of hydrogen-bond donors (Lipinski definition) is 1. The van der Waals surface area contributed by atoms with Crippen LogP contribution in [0.15, 0.2) is 47.2 Å². The molecule has 7 heteroatoms. The van der Waals surface area contributed by atoms with Crippen molar-refractivity contribution in [1.82, 2.24) is 19.9 Å². The number of pyridine rings is 1. The van der Waals surface area contributed by atoms with Crippen LogP contribution in [0.3, 0.4) is 0 Å². The molecule has 1 amide bonds. The quantitative estimate of drug-likeness (QED) is 0.782. The summed E-state index contributed by atoms with van der Waals surface area (Å²) in [6, 6.07) is 8.98. The van der Waals surface area contributed by atoms with Gasteiger partial charge in [-0.25, -0.2) is 4.68 Å². The van der Waals surface area contributed by atoms with Crippen LogP contribution in [0, 0.1) is 0 Å². The van der Waals surface area contributed by atoms with E-state index in [9.17, 15) is 4.79 Å². The lowest BCUT2D eigenvalue weighted by Gasteiger charge is -2.13. The SMILES string of the molecule is CCC(C)n1nccc1NC(=O)c1cc(-c2ccccn2)no1. The predicted molar refractivity (Wildman–Crippen MR) is 84.9 cm³/mol. The van der Waals surface area contributed by atoms with Gasteiger partial charge in [0.05, 0.1) is 17.9 Å². The Kier molecular flexibility index (Phi) is 4.18. The van der Waals surface area contributed by atoms with E-state index in [0.717, 1.165) is 6.42 Å². The molecule has 0 saturated heterocycles. The van der Waals surface area contributed by atoms with E-state index in [-0.39, 0.29) is 17.7 Å². The van der Waals surface area contributed by atoms with Crippen molar-refractivity contribution in [2.75, 3.05) is 5.32 Å². The molecule has 1 atom stereocenters. The Morgan fingerprint density at radius 1 is 1.30 bits per heavy atom. The molecule has 3 rings (SSSR count). The second kappa shape index (κ2) is 6.43. The van der Waals surface area contributed by atoms with Crippen molar-refractivity contribution >= 4 is 11.7 Å². The minimum Gasteiger partial charge on any atom is -0.350 e. The molecule has 0 aliphatic carbocycles. The third-order valence-electron chi connectivity index (χ3n) is 3.58. The fourth-order valence-electron chi connectivity index (χ4n) is 2.13. The lowest BCUT2D eigenvalue weighted by molar-refractivity contribution is 0.0987. The summed E-state index contributed by atoms with van der Waals surface area (Å²) in [4.78, 5) is 16.5. The molecule has 118 valence electrons. The summed E-state index contributed by atoms with van der Waals surface area (Å²) in [5, 5.41) is 10.9. The molecule has 1 unspecified atom stereocenters. The third-order valence-corrected chi connectivity index (χ3v) is 3.58. The van der Waals surface area contributed by atoms with Crippen molar-refractivity contribution in [1.29, 1.82) is 0 Å². The highest BCUT2D eigenvalue weighted by molar-refractivity contribution is 6.02. The Morgan fingerprint density at radius 3 is 2.91 bits per heavy atom. The smallest absolute Gasteiger partial charge is 0.295 e. The number of anilines is 1. The second-order valence-electron chi connectivity index (χ2n) is 5.16. The Hall–Kier alpha value is -2.96. The van der Waals surface area contributed by atoms with E-state index in [2.05, 4.69) is 27.5 Å². The highest BCUT2D eigenvalue weighted by Gasteiger charge is 2.17. The summed E-state index contributed by atoms with van der Waals surface area (Å²) in [6.45, 7) is 4.10. The molecule has 23 heavy (non-hydrogen) atoms. The van der Waals surface area contributed by atoms with Crippen LogP contribution in [0.5, 0.6) is 0 Å². The second-order valence-corrected chi connectivity index (χ2v) is 5.16. The van der Waals surface area contributed by atoms with Crippen LogP contribution >= 0.6 is 0 Å². The average Bonchev–Trinajstić information content (AvgIpc) is 3.24. The molecular formula is C16H17N5O2. The summed E-state index contributed by atoms with van der Waals surface area (Å²) in [6.07, 6.45) is 4.23. The molecule has 0 bridgehead atoms. The van der Waals surface area contributed by atoms with Crippen molar-refractivity contribution < 1.29 is 9.32 Å². The van der Waals surface area contributed by atoms with E-state index in [1.165, 1.54) is 0 Å². The van der Waals surface area contributed by atoms with Crippen molar-refractivity contribution in [3.05, 3.63) is 48.5 Å². The molecule has 0 aliphatic heterocycles. The molecule has 0 radical (unpaired) electrons.